The van der Waals surface area contributed by atoms with Gasteiger partial charge in [-0.25, -0.2) is 0 Å². The zero-order chi connectivity index (χ0) is 9.84. The van der Waals surface area contributed by atoms with Crippen LogP contribution in [0.3, 0.4) is 0 Å². The Hall–Kier alpha value is -1.22. The number of carbonyl (C=O) groups excluding carboxylic acids is 1. The molecule has 0 unspecified atom stereocenters. The number of phenolic OH excluding ortho intramolecular Hbond substituents is 1. The third-order valence-electron chi connectivity index (χ3n) is 1.55. The van der Waals surface area contributed by atoms with Crippen LogP contribution in [0.2, 0.25) is 0 Å². The normalized spacial score (nSPS) is 9.69. The minimum absolute atomic E-state index is 0.0541. The van der Waals surface area contributed by atoms with Gasteiger partial charge in [-0.1, -0.05) is 6.07 Å². The number of hydrogen-bond donors (Lipinski definition) is 2. The molecule has 0 saturated carbocycles. The van der Waals surface area contributed by atoms with Crippen molar-refractivity contribution in [3.63, 3.8) is 0 Å². The molecule has 1 aromatic rings. The lowest BCUT2D eigenvalue weighted by Gasteiger charge is -2.05. The van der Waals surface area contributed by atoms with E-state index in [0.29, 0.717) is 5.69 Å². The molecule has 13 heavy (non-hydrogen) atoms. The fraction of sp³-hybridized carbons (Fsp3) is 0.222. The van der Waals surface area contributed by atoms with Gasteiger partial charge >= 0.3 is 0 Å². The maximum absolute atomic E-state index is 10.9. The van der Waals surface area contributed by atoms with Crippen molar-refractivity contribution >= 4 is 23.2 Å². The van der Waals surface area contributed by atoms with Gasteiger partial charge in [-0.2, -0.15) is 0 Å². The van der Waals surface area contributed by atoms with Gasteiger partial charge in [0.05, 0.1) is 5.69 Å². The highest BCUT2D eigenvalue weighted by molar-refractivity contribution is 6.29. The number of benzene rings is 1. The van der Waals surface area contributed by atoms with Gasteiger partial charge in [-0.3, -0.25) is 4.79 Å². The van der Waals surface area contributed by atoms with Crippen molar-refractivity contribution < 1.29 is 9.90 Å². The van der Waals surface area contributed by atoms with Gasteiger partial charge in [-0.15, -0.1) is 11.6 Å². The summed E-state index contributed by atoms with van der Waals surface area (Å²) in [5.74, 6) is -0.396. The Morgan fingerprint density at radius 2 is 2.31 bits per heavy atom. The molecule has 0 fully saturated rings. The number of anilines is 1. The molecule has 70 valence electrons. The SMILES string of the molecule is Cc1ccc(NC(=O)CCl)c(O)c1. The Morgan fingerprint density at radius 1 is 1.62 bits per heavy atom. The second kappa shape index (κ2) is 4.14. The second-order valence-electron chi connectivity index (χ2n) is 2.70. The first-order valence-electron chi connectivity index (χ1n) is 3.79. The minimum atomic E-state index is -0.333. The van der Waals surface area contributed by atoms with Gasteiger partial charge in [0.25, 0.3) is 0 Å². The van der Waals surface area contributed by atoms with Crippen molar-refractivity contribution in [2.24, 2.45) is 0 Å². The lowest BCUT2D eigenvalue weighted by atomic mass is 10.2. The minimum Gasteiger partial charge on any atom is -0.506 e. The number of nitrogens with one attached hydrogen (secondary N) is 1. The summed E-state index contributed by atoms with van der Waals surface area (Å²) >= 11 is 5.29. The van der Waals surface area contributed by atoms with Gasteiger partial charge < -0.3 is 10.4 Å². The predicted molar refractivity (Wildman–Crippen MR) is 52.2 cm³/mol. The van der Waals surface area contributed by atoms with Gasteiger partial charge in [0.1, 0.15) is 11.6 Å². The van der Waals surface area contributed by atoms with Gasteiger partial charge in [0.15, 0.2) is 0 Å². The van der Waals surface area contributed by atoms with Crippen molar-refractivity contribution in [1.29, 1.82) is 0 Å². The lowest BCUT2D eigenvalue weighted by molar-refractivity contribution is -0.113. The standard InChI is InChI=1S/C9H10ClNO2/c1-6-2-3-7(8(12)4-6)11-9(13)5-10/h2-4,12H,5H2,1H3,(H,11,13). The number of hydrogen-bond acceptors (Lipinski definition) is 2. The molecule has 1 aromatic carbocycles. The summed E-state index contributed by atoms with van der Waals surface area (Å²) in [5, 5.41) is 11.8. The smallest absolute Gasteiger partial charge is 0.239 e. The molecule has 0 heterocycles. The molecule has 0 aliphatic rings. The van der Waals surface area contributed by atoms with E-state index in [1.165, 1.54) is 0 Å². The van der Waals surface area contributed by atoms with Crippen LogP contribution in [0.5, 0.6) is 5.75 Å². The zero-order valence-electron chi connectivity index (χ0n) is 7.17. The molecule has 0 bridgehead atoms. The summed E-state index contributed by atoms with van der Waals surface area (Å²) in [6, 6.07) is 5.00. The van der Waals surface area contributed by atoms with Crippen molar-refractivity contribution in [2.75, 3.05) is 11.2 Å². The first-order chi connectivity index (χ1) is 6.13. The number of aryl methyl sites for hydroxylation is 1. The molecule has 0 atom stereocenters. The van der Waals surface area contributed by atoms with Crippen LogP contribution in [0.1, 0.15) is 5.56 Å². The molecule has 0 aromatic heterocycles. The summed E-state index contributed by atoms with van der Waals surface area (Å²) in [6.07, 6.45) is 0. The van der Waals surface area contributed by atoms with E-state index >= 15 is 0 Å². The first-order valence-corrected chi connectivity index (χ1v) is 4.32. The average molecular weight is 200 g/mol. The van der Waals surface area contributed by atoms with Crippen LogP contribution in [0.4, 0.5) is 5.69 Å². The number of rotatable bonds is 2. The Labute approximate surface area is 81.3 Å². The van der Waals surface area contributed by atoms with E-state index in [2.05, 4.69) is 5.32 Å². The van der Waals surface area contributed by atoms with Crippen molar-refractivity contribution in [2.45, 2.75) is 6.92 Å². The highest BCUT2D eigenvalue weighted by Gasteiger charge is 2.04. The number of aromatic hydroxyl groups is 1. The predicted octanol–water partition coefficient (Wildman–Crippen LogP) is 1.88. The van der Waals surface area contributed by atoms with E-state index in [4.69, 9.17) is 11.6 Å². The van der Waals surface area contributed by atoms with E-state index in [-0.39, 0.29) is 17.5 Å². The first kappa shape index (κ1) is 9.86. The Kier molecular flexibility index (Phi) is 3.14. The molecule has 1 rings (SSSR count). The number of halogens is 1. The molecule has 0 aliphatic heterocycles. The average Bonchev–Trinajstić information content (AvgIpc) is 2.09. The maximum Gasteiger partial charge on any atom is 0.239 e. The monoisotopic (exact) mass is 199 g/mol. The molecule has 4 heteroatoms. The van der Waals surface area contributed by atoms with Gasteiger partial charge in [0, 0.05) is 0 Å². The third-order valence-corrected chi connectivity index (χ3v) is 1.79. The molecule has 0 aliphatic carbocycles. The Bertz CT molecular complexity index is 325. The molecule has 1 amide bonds. The summed E-state index contributed by atoms with van der Waals surface area (Å²) < 4.78 is 0. The lowest BCUT2D eigenvalue weighted by Crippen LogP contribution is -2.12. The highest BCUT2D eigenvalue weighted by Crippen LogP contribution is 2.23. The van der Waals surface area contributed by atoms with Crippen LogP contribution in [0, 0.1) is 6.92 Å². The van der Waals surface area contributed by atoms with Gasteiger partial charge in [0.2, 0.25) is 5.91 Å². The number of alkyl halides is 1. The van der Waals surface area contributed by atoms with Crippen LogP contribution in [0.15, 0.2) is 18.2 Å². The second-order valence-corrected chi connectivity index (χ2v) is 2.97. The molecular formula is C9H10ClNO2. The zero-order valence-corrected chi connectivity index (χ0v) is 7.93. The quantitative estimate of drug-likeness (QED) is 0.565. The Morgan fingerprint density at radius 3 is 2.85 bits per heavy atom. The van der Waals surface area contributed by atoms with E-state index in [1.54, 1.807) is 18.2 Å². The summed E-state index contributed by atoms with van der Waals surface area (Å²) in [7, 11) is 0. The summed E-state index contributed by atoms with van der Waals surface area (Å²) in [6.45, 7) is 1.85. The molecular weight excluding hydrogens is 190 g/mol. The van der Waals surface area contributed by atoms with E-state index < -0.39 is 0 Å². The Balaban J connectivity index is 2.83. The molecule has 2 N–H and O–H groups in total. The molecule has 0 spiro atoms. The number of amides is 1. The molecule has 0 saturated heterocycles. The van der Waals surface area contributed by atoms with Crippen LogP contribution < -0.4 is 5.32 Å². The van der Waals surface area contributed by atoms with Gasteiger partial charge in [-0.05, 0) is 24.6 Å². The van der Waals surface area contributed by atoms with Crippen LogP contribution in [-0.4, -0.2) is 16.9 Å². The van der Waals surface area contributed by atoms with Crippen molar-refractivity contribution in [3.8, 4) is 5.75 Å². The largest absolute Gasteiger partial charge is 0.506 e. The van der Waals surface area contributed by atoms with Crippen LogP contribution in [-0.2, 0) is 4.79 Å². The van der Waals surface area contributed by atoms with E-state index in [1.807, 2.05) is 6.92 Å². The van der Waals surface area contributed by atoms with E-state index in [9.17, 15) is 9.90 Å². The van der Waals surface area contributed by atoms with Crippen molar-refractivity contribution in [1.82, 2.24) is 0 Å². The summed E-state index contributed by atoms with van der Waals surface area (Å²) in [5.41, 5.74) is 1.32. The summed E-state index contributed by atoms with van der Waals surface area (Å²) in [4.78, 5) is 10.9. The highest BCUT2D eigenvalue weighted by atomic mass is 35.5. The third kappa shape index (κ3) is 2.63. The van der Waals surface area contributed by atoms with Crippen LogP contribution in [0.25, 0.3) is 0 Å². The molecule has 3 nitrogen and oxygen atoms in total. The molecule has 0 radical (unpaired) electrons. The number of phenols is 1. The fourth-order valence-electron chi connectivity index (χ4n) is 0.931. The fourth-order valence-corrected chi connectivity index (χ4v) is 0.998. The van der Waals surface area contributed by atoms with E-state index in [0.717, 1.165) is 5.56 Å². The van der Waals surface area contributed by atoms with Crippen LogP contribution >= 0.6 is 11.6 Å². The topological polar surface area (TPSA) is 49.3 Å². The maximum atomic E-state index is 10.9. The van der Waals surface area contributed by atoms with Crippen molar-refractivity contribution in [3.05, 3.63) is 23.8 Å². The number of carbonyl (C=O) groups is 1.